The molecule has 2 aromatic carbocycles. The lowest BCUT2D eigenvalue weighted by molar-refractivity contribution is -0.00000517. The predicted octanol–water partition coefficient (Wildman–Crippen LogP) is 1.14. The Kier molecular flexibility index (Phi) is 7.04. The predicted molar refractivity (Wildman–Crippen MR) is 104 cm³/mol. The highest BCUT2D eigenvalue weighted by molar-refractivity contribution is 7.92. The molecule has 2 aromatic rings. The number of rotatable bonds is 4. The van der Waals surface area contributed by atoms with Gasteiger partial charge in [-0.1, -0.05) is 36.4 Å². The molecule has 0 bridgehead atoms. The number of likely N-dealkylation sites (tertiary alicyclic amines) is 1. The summed E-state index contributed by atoms with van der Waals surface area (Å²) in [6.45, 7) is 6.56. The average Bonchev–Trinajstić information content (AvgIpc) is 3.18. The van der Waals surface area contributed by atoms with E-state index in [2.05, 4.69) is 73.1 Å². The van der Waals surface area contributed by atoms with Gasteiger partial charge in [0.2, 0.25) is 0 Å². The molecule has 0 saturated carbocycles. The van der Waals surface area contributed by atoms with Crippen LogP contribution in [-0.4, -0.2) is 24.7 Å². The van der Waals surface area contributed by atoms with Crippen LogP contribution in [0.4, 0.5) is 0 Å². The van der Waals surface area contributed by atoms with Crippen molar-refractivity contribution in [1.29, 1.82) is 5.26 Å². The third-order valence-corrected chi connectivity index (χ3v) is 9.00. The van der Waals surface area contributed by atoms with Crippen LogP contribution in [0.1, 0.15) is 19.8 Å². The fourth-order valence-corrected chi connectivity index (χ4v) is 6.91. The Bertz CT molecular complexity index is 720. The number of allylic oxidation sites excluding steroid dienone is 2. The molecule has 1 heterocycles. The van der Waals surface area contributed by atoms with Gasteiger partial charge in [-0.2, -0.15) is 5.26 Å². The van der Waals surface area contributed by atoms with Crippen molar-refractivity contribution in [3.05, 3.63) is 71.7 Å². The summed E-state index contributed by atoms with van der Waals surface area (Å²) in [6, 6.07) is 23.7. The molecule has 3 rings (SSSR count). The van der Waals surface area contributed by atoms with Gasteiger partial charge < -0.3 is 28.9 Å². The van der Waals surface area contributed by atoms with E-state index in [-0.39, 0.29) is 24.0 Å². The van der Waals surface area contributed by atoms with Gasteiger partial charge in [0.05, 0.1) is 12.4 Å². The van der Waals surface area contributed by atoms with E-state index in [0.29, 0.717) is 0 Å². The number of benzene rings is 2. The second-order valence-electron chi connectivity index (χ2n) is 6.42. The fourth-order valence-electron chi connectivity index (χ4n) is 3.57. The van der Waals surface area contributed by atoms with Crippen LogP contribution in [0.2, 0.25) is 0 Å². The zero-order valence-corrected chi connectivity index (χ0v) is 17.9. The molecule has 0 unspecified atom stereocenters. The van der Waals surface area contributed by atoms with Crippen molar-refractivity contribution in [2.24, 2.45) is 0 Å². The quantitative estimate of drug-likeness (QED) is 0.387. The van der Waals surface area contributed by atoms with Crippen molar-refractivity contribution >= 4 is 17.9 Å². The molecule has 25 heavy (non-hydrogen) atoms. The molecule has 4 heteroatoms. The number of hydrogen-bond acceptors (Lipinski definition) is 2. The lowest BCUT2D eigenvalue weighted by atomic mass is 10.4. The summed E-state index contributed by atoms with van der Waals surface area (Å²) in [7, 11) is -1.92. The molecule has 0 spiro atoms. The first-order valence-electron chi connectivity index (χ1n) is 8.52. The van der Waals surface area contributed by atoms with Crippen molar-refractivity contribution < 1.29 is 24.0 Å². The first-order valence-corrected chi connectivity index (χ1v) is 10.8. The smallest absolute Gasteiger partial charge is 0.198 e. The molecule has 1 aliphatic rings. The summed E-state index contributed by atoms with van der Waals surface area (Å²) in [5.41, 5.74) is 1.17. The molecule has 0 N–H and O–H groups in total. The number of halogens is 1. The molecule has 130 valence electrons. The van der Waals surface area contributed by atoms with Gasteiger partial charge in [0, 0.05) is 13.1 Å². The summed E-state index contributed by atoms with van der Waals surface area (Å²) >= 11 is 0. The molecular weight excluding hydrogens is 438 g/mol. The van der Waals surface area contributed by atoms with Gasteiger partial charge in [-0.05, 0) is 44.0 Å². The Morgan fingerprint density at radius 1 is 0.920 bits per heavy atom. The minimum atomic E-state index is -1.92. The molecule has 1 aliphatic heterocycles. The average molecular weight is 462 g/mol. The van der Waals surface area contributed by atoms with Gasteiger partial charge >= 0.3 is 0 Å². The summed E-state index contributed by atoms with van der Waals surface area (Å²) in [6.07, 6.45) is 2.45. The Hall–Kier alpha value is -1.37. The molecule has 0 radical (unpaired) electrons. The van der Waals surface area contributed by atoms with Gasteiger partial charge in [0.1, 0.15) is 23.9 Å². The third-order valence-electron chi connectivity index (χ3n) is 5.02. The summed E-state index contributed by atoms with van der Waals surface area (Å²) in [4.78, 5) is 2.39. The van der Waals surface area contributed by atoms with Crippen molar-refractivity contribution in [2.45, 2.75) is 19.8 Å². The SMILES string of the molecule is C/C(=C(/C#N)[P+](C)(c1ccccc1)c1ccccc1)N1CCCC1.[I-]. The van der Waals surface area contributed by atoms with Gasteiger partial charge in [0.15, 0.2) is 5.31 Å². The summed E-state index contributed by atoms with van der Waals surface area (Å²) in [5.74, 6) is 0. The Morgan fingerprint density at radius 3 is 1.76 bits per heavy atom. The molecule has 1 fully saturated rings. The van der Waals surface area contributed by atoms with Crippen molar-refractivity contribution in [2.75, 3.05) is 19.8 Å². The van der Waals surface area contributed by atoms with Gasteiger partial charge in [-0.3, -0.25) is 0 Å². The van der Waals surface area contributed by atoms with Crippen molar-refractivity contribution in [3.8, 4) is 6.07 Å². The highest BCUT2D eigenvalue weighted by atomic mass is 127. The number of nitriles is 1. The highest BCUT2D eigenvalue weighted by Gasteiger charge is 2.44. The van der Waals surface area contributed by atoms with Gasteiger partial charge in [0.25, 0.3) is 0 Å². The van der Waals surface area contributed by atoms with E-state index < -0.39 is 7.26 Å². The maximum atomic E-state index is 10.1. The van der Waals surface area contributed by atoms with Crippen LogP contribution < -0.4 is 34.6 Å². The van der Waals surface area contributed by atoms with Crippen LogP contribution in [0.5, 0.6) is 0 Å². The van der Waals surface area contributed by atoms with Crippen molar-refractivity contribution in [1.82, 2.24) is 4.90 Å². The maximum Gasteiger partial charge on any atom is 0.198 e. The minimum Gasteiger partial charge on any atom is -1.00 e. The van der Waals surface area contributed by atoms with Crippen LogP contribution in [0.15, 0.2) is 71.7 Å². The number of nitrogens with zero attached hydrogens (tertiary/aromatic N) is 2. The fraction of sp³-hybridized carbons (Fsp3) is 0.286. The van der Waals surface area contributed by atoms with E-state index in [4.69, 9.17) is 0 Å². The maximum absolute atomic E-state index is 10.1. The Balaban J connectivity index is 0.00000225. The molecule has 0 aliphatic carbocycles. The van der Waals surface area contributed by atoms with Crippen LogP contribution in [0.3, 0.4) is 0 Å². The highest BCUT2D eigenvalue weighted by Crippen LogP contribution is 2.61. The van der Waals surface area contributed by atoms with Crippen LogP contribution in [0.25, 0.3) is 0 Å². The van der Waals surface area contributed by atoms with Crippen LogP contribution in [-0.2, 0) is 0 Å². The molecular formula is C21H24IN2P. The van der Waals surface area contributed by atoms with E-state index in [1.807, 2.05) is 12.1 Å². The zero-order chi connectivity index (χ0) is 17.0. The summed E-state index contributed by atoms with van der Waals surface area (Å²) in [5, 5.41) is 13.6. The van der Waals surface area contributed by atoms with E-state index in [1.54, 1.807) is 0 Å². The third kappa shape index (κ3) is 3.91. The molecule has 0 atom stereocenters. The lowest BCUT2D eigenvalue weighted by Crippen LogP contribution is -3.00. The standard InChI is InChI=1S/C21H24N2P.HI/c1-18(23-15-9-10-16-23)21(17-22)24(2,19-11-5-3-6-12-19)20-13-7-4-8-14-20;/h3-8,11-14H,9-10,15-16H2,1-2H3;1H/q+1;/p-1/b21-18+;. The van der Waals surface area contributed by atoms with Crippen molar-refractivity contribution in [3.63, 3.8) is 0 Å². The van der Waals surface area contributed by atoms with E-state index in [1.165, 1.54) is 29.1 Å². The molecule has 1 saturated heterocycles. The van der Waals surface area contributed by atoms with Crippen LogP contribution >= 0.6 is 7.26 Å². The second kappa shape index (κ2) is 8.83. The normalized spacial score (nSPS) is 15.2. The topological polar surface area (TPSA) is 27.0 Å². The first kappa shape index (κ1) is 19.9. The minimum absolute atomic E-state index is 0. The largest absolute Gasteiger partial charge is 1.00 e. The van der Waals surface area contributed by atoms with E-state index in [0.717, 1.165) is 18.4 Å². The van der Waals surface area contributed by atoms with E-state index >= 15 is 0 Å². The Labute approximate surface area is 168 Å². The zero-order valence-electron chi connectivity index (χ0n) is 14.8. The number of hydrogen-bond donors (Lipinski definition) is 0. The lowest BCUT2D eigenvalue weighted by Gasteiger charge is -2.26. The van der Waals surface area contributed by atoms with Gasteiger partial charge in [-0.15, -0.1) is 0 Å². The monoisotopic (exact) mass is 462 g/mol. The second-order valence-corrected chi connectivity index (χ2v) is 9.91. The van der Waals surface area contributed by atoms with Crippen LogP contribution in [0, 0.1) is 11.3 Å². The molecule has 2 nitrogen and oxygen atoms in total. The Morgan fingerprint density at radius 2 is 1.36 bits per heavy atom. The first-order chi connectivity index (χ1) is 11.7. The van der Waals surface area contributed by atoms with E-state index in [9.17, 15) is 5.26 Å². The summed E-state index contributed by atoms with van der Waals surface area (Å²) < 4.78 is 0. The molecule has 0 amide bonds. The van der Waals surface area contributed by atoms with Gasteiger partial charge in [-0.25, -0.2) is 0 Å². The molecule has 0 aromatic heterocycles.